The summed E-state index contributed by atoms with van der Waals surface area (Å²) in [5.74, 6) is 0.156. The monoisotopic (exact) mass is 513 g/mol. The van der Waals surface area contributed by atoms with Crippen LogP contribution in [0.2, 0.25) is 0 Å². The van der Waals surface area contributed by atoms with Gasteiger partial charge in [0.05, 0.1) is 19.2 Å². The molecule has 184 valence electrons. The summed E-state index contributed by atoms with van der Waals surface area (Å²) in [6, 6.07) is 14.7. The number of carbonyl (C=O) groups is 1. The van der Waals surface area contributed by atoms with E-state index in [1.54, 1.807) is 37.6 Å². The molecule has 0 bridgehead atoms. The first-order valence-corrected chi connectivity index (χ1v) is 11.5. The van der Waals surface area contributed by atoms with Crippen LogP contribution in [-0.4, -0.2) is 51.4 Å². The molecule has 0 radical (unpaired) electrons. The Bertz CT molecular complexity index is 1460. The maximum Gasteiger partial charge on any atom is 0.441 e. The van der Waals surface area contributed by atoms with E-state index >= 15 is 0 Å². The minimum atomic E-state index is -4.70. The summed E-state index contributed by atoms with van der Waals surface area (Å²) in [4.78, 5) is 16.3. The number of para-hydroxylation sites is 1. The molecule has 0 saturated carbocycles. The number of halogens is 3. The van der Waals surface area contributed by atoms with Crippen LogP contribution in [0.3, 0.4) is 0 Å². The van der Waals surface area contributed by atoms with Crippen LogP contribution in [-0.2, 0) is 11.3 Å². The summed E-state index contributed by atoms with van der Waals surface area (Å²) in [5, 5.41) is 11.9. The predicted octanol–water partition coefficient (Wildman–Crippen LogP) is 4.91. The van der Waals surface area contributed by atoms with Gasteiger partial charge in [0.15, 0.2) is 5.84 Å². The molecule has 36 heavy (non-hydrogen) atoms. The highest BCUT2D eigenvalue weighted by molar-refractivity contribution is 8.27. The molecule has 0 spiro atoms. The first-order valence-electron chi connectivity index (χ1n) is 10.7. The summed E-state index contributed by atoms with van der Waals surface area (Å²) in [7, 11) is 1.59. The van der Waals surface area contributed by atoms with Crippen LogP contribution in [0.4, 0.5) is 13.2 Å². The molecule has 3 aromatic rings. The number of alkyl halides is 3. The van der Waals surface area contributed by atoms with E-state index in [1.807, 2.05) is 28.8 Å². The second-order valence-electron chi connectivity index (χ2n) is 7.74. The largest absolute Gasteiger partial charge is 0.497 e. The third-order valence-corrected chi connectivity index (χ3v) is 6.43. The zero-order valence-electron chi connectivity index (χ0n) is 18.7. The van der Waals surface area contributed by atoms with E-state index in [1.165, 1.54) is 6.08 Å². The number of benzene rings is 2. The molecule has 2 aromatic carbocycles. The van der Waals surface area contributed by atoms with E-state index in [-0.39, 0.29) is 22.5 Å². The fourth-order valence-electron chi connectivity index (χ4n) is 3.77. The van der Waals surface area contributed by atoms with Crippen LogP contribution in [0.5, 0.6) is 11.5 Å². The zero-order valence-corrected chi connectivity index (χ0v) is 19.6. The number of fused-ring (bicyclic) bond motifs is 2. The van der Waals surface area contributed by atoms with Crippen LogP contribution in [0.1, 0.15) is 5.56 Å². The Balaban J connectivity index is 1.40. The molecule has 1 N–H and O–H groups in total. The zero-order chi connectivity index (χ0) is 25.4. The van der Waals surface area contributed by atoms with E-state index in [4.69, 9.17) is 14.9 Å². The Morgan fingerprint density at radius 3 is 2.56 bits per heavy atom. The molecule has 2 aliphatic rings. The van der Waals surface area contributed by atoms with Crippen molar-refractivity contribution < 1.29 is 27.4 Å². The molecule has 8 nitrogen and oxygen atoms in total. The summed E-state index contributed by atoms with van der Waals surface area (Å²) < 4.78 is 52.1. The maximum atomic E-state index is 13.1. The fourth-order valence-corrected chi connectivity index (χ4v) is 4.53. The fraction of sp³-hybridized carbons (Fsp3) is 0.167. The first-order chi connectivity index (χ1) is 17.2. The van der Waals surface area contributed by atoms with E-state index in [2.05, 4.69) is 10.1 Å². The van der Waals surface area contributed by atoms with Crippen molar-refractivity contribution in [3.63, 3.8) is 0 Å². The van der Waals surface area contributed by atoms with Gasteiger partial charge in [-0.1, -0.05) is 18.2 Å². The van der Waals surface area contributed by atoms with Crippen molar-refractivity contribution in [3.8, 4) is 11.5 Å². The van der Waals surface area contributed by atoms with Crippen molar-refractivity contribution in [1.82, 2.24) is 9.58 Å². The number of amides is 1. The summed E-state index contributed by atoms with van der Waals surface area (Å²) >= 11 is 0.220. The number of carbonyl (C=O) groups excluding carboxylic acids is 1. The number of nitrogens with one attached hydrogen (secondary N) is 1. The third-order valence-electron chi connectivity index (χ3n) is 5.48. The van der Waals surface area contributed by atoms with E-state index < -0.39 is 23.0 Å². The number of nitrogens with zero attached hydrogens (tertiary/aromatic N) is 4. The van der Waals surface area contributed by atoms with Crippen molar-refractivity contribution >= 4 is 50.7 Å². The van der Waals surface area contributed by atoms with Crippen molar-refractivity contribution in [2.75, 3.05) is 13.7 Å². The Labute approximate surface area is 207 Å². The number of hydrazone groups is 1. The van der Waals surface area contributed by atoms with Crippen LogP contribution < -0.4 is 9.47 Å². The molecular formula is C24H18F3N5O3S. The highest BCUT2D eigenvalue weighted by Gasteiger charge is 2.46. The minimum absolute atomic E-state index is 0.149. The number of amidine groups is 2. The van der Waals surface area contributed by atoms with Gasteiger partial charge in [-0.3, -0.25) is 10.2 Å². The van der Waals surface area contributed by atoms with Crippen LogP contribution in [0, 0.1) is 5.41 Å². The number of hydrogen-bond donors (Lipinski definition) is 1. The van der Waals surface area contributed by atoms with Gasteiger partial charge in [0.25, 0.3) is 5.91 Å². The van der Waals surface area contributed by atoms with E-state index in [0.717, 1.165) is 21.7 Å². The van der Waals surface area contributed by atoms with Gasteiger partial charge in [-0.05, 0) is 48.2 Å². The molecule has 1 aromatic heterocycles. The van der Waals surface area contributed by atoms with Crippen LogP contribution >= 0.6 is 11.8 Å². The Morgan fingerprint density at radius 2 is 1.83 bits per heavy atom. The number of aromatic nitrogens is 1. The second-order valence-corrected chi connectivity index (χ2v) is 8.70. The van der Waals surface area contributed by atoms with Gasteiger partial charge in [0.2, 0.25) is 10.2 Å². The summed E-state index contributed by atoms with van der Waals surface area (Å²) in [5.41, 5.74) is 1.34. The number of methoxy groups -OCH3 is 1. The van der Waals surface area contributed by atoms with Crippen molar-refractivity contribution in [2.45, 2.75) is 12.7 Å². The lowest BCUT2D eigenvalue weighted by atomic mass is 10.1. The molecule has 0 aliphatic carbocycles. The maximum absolute atomic E-state index is 13.1. The van der Waals surface area contributed by atoms with Gasteiger partial charge in [0, 0.05) is 22.7 Å². The lowest BCUT2D eigenvalue weighted by Gasteiger charge is -2.20. The summed E-state index contributed by atoms with van der Waals surface area (Å²) in [6.07, 6.45) is -1.43. The third kappa shape index (κ3) is 4.47. The molecule has 2 aliphatic heterocycles. The Kier molecular flexibility index (Phi) is 6.04. The number of aliphatic imine (C=N–C) groups is 1. The molecule has 3 heterocycles. The molecule has 0 saturated heterocycles. The topological polar surface area (TPSA) is 92.3 Å². The normalized spacial score (nSPS) is 16.9. The quantitative estimate of drug-likeness (QED) is 0.473. The lowest BCUT2D eigenvalue weighted by molar-refractivity contribution is -0.114. The summed E-state index contributed by atoms with van der Waals surface area (Å²) in [6.45, 7) is 0.856. The first kappa shape index (κ1) is 23.7. The molecule has 0 fully saturated rings. The van der Waals surface area contributed by atoms with Gasteiger partial charge in [-0.25, -0.2) is 0 Å². The Morgan fingerprint density at radius 1 is 1.11 bits per heavy atom. The van der Waals surface area contributed by atoms with Crippen molar-refractivity contribution in [1.29, 1.82) is 5.41 Å². The highest BCUT2D eigenvalue weighted by atomic mass is 32.2. The van der Waals surface area contributed by atoms with Crippen molar-refractivity contribution in [3.05, 3.63) is 65.9 Å². The minimum Gasteiger partial charge on any atom is -0.497 e. The van der Waals surface area contributed by atoms with Gasteiger partial charge in [0.1, 0.15) is 18.1 Å². The lowest BCUT2D eigenvalue weighted by Crippen LogP contribution is -2.35. The second kappa shape index (κ2) is 9.19. The number of rotatable bonds is 6. The standard InChI is InChI=1S/C24H18F3N5O3S/c1-34-15-6-8-16(9-7-15)35-11-10-31-13-14(17-4-2-3-5-19(17)31)12-18-20(28)32-23(29-21(18)33)36-22(30-32)24(25,26)27/h2-9,12-13,28H,10-11H2,1H3/b18-12+,28-20?. The number of thioether (sulfide) groups is 1. The molecule has 0 unspecified atom stereocenters. The molecule has 0 atom stereocenters. The molecular weight excluding hydrogens is 495 g/mol. The van der Waals surface area contributed by atoms with Gasteiger partial charge >= 0.3 is 6.18 Å². The van der Waals surface area contributed by atoms with Crippen LogP contribution in [0.25, 0.3) is 17.0 Å². The van der Waals surface area contributed by atoms with Crippen LogP contribution in [0.15, 0.2) is 70.4 Å². The van der Waals surface area contributed by atoms with Crippen molar-refractivity contribution in [2.24, 2.45) is 10.1 Å². The van der Waals surface area contributed by atoms with Gasteiger partial charge in [-0.15, -0.1) is 0 Å². The smallest absolute Gasteiger partial charge is 0.441 e. The Hall–Kier alpha value is -4.06. The number of ether oxygens (including phenoxy) is 2. The SMILES string of the molecule is COc1ccc(OCCn2cc(/C=C3\C(=N)N4N=C(C(F)(F)F)SC4=NC3=O)c3ccccc32)cc1. The molecule has 5 rings (SSSR count). The van der Waals surface area contributed by atoms with E-state index in [9.17, 15) is 18.0 Å². The average Bonchev–Trinajstić information content (AvgIpc) is 3.44. The van der Waals surface area contributed by atoms with Gasteiger partial charge < -0.3 is 14.0 Å². The molecule has 1 amide bonds. The highest BCUT2D eigenvalue weighted by Crippen LogP contribution is 2.35. The average molecular weight is 514 g/mol. The van der Waals surface area contributed by atoms with E-state index in [0.29, 0.717) is 24.5 Å². The van der Waals surface area contributed by atoms with Gasteiger partial charge in [-0.2, -0.15) is 28.3 Å². The molecule has 12 heteroatoms. The predicted molar refractivity (Wildman–Crippen MR) is 131 cm³/mol. The number of hydrogen-bond acceptors (Lipinski definition) is 6.